The minimum absolute atomic E-state index is 0.121. The Morgan fingerprint density at radius 3 is 2.69 bits per heavy atom. The molecule has 0 unspecified atom stereocenters. The first kappa shape index (κ1) is 11.0. The molecule has 0 aliphatic heterocycles. The van der Waals surface area contributed by atoms with Crippen molar-refractivity contribution in [3.05, 3.63) is 23.8 Å². The van der Waals surface area contributed by atoms with Crippen molar-refractivity contribution < 1.29 is 14.3 Å². The van der Waals surface area contributed by atoms with E-state index in [2.05, 4.69) is 0 Å². The van der Waals surface area contributed by atoms with Gasteiger partial charge >= 0.3 is 0 Å². The molecule has 0 saturated heterocycles. The average molecular weight is 220 g/mol. The summed E-state index contributed by atoms with van der Waals surface area (Å²) in [5.41, 5.74) is 0.586. The van der Waals surface area contributed by atoms with Crippen molar-refractivity contribution in [3.8, 4) is 11.5 Å². The molecule has 1 fully saturated rings. The van der Waals surface area contributed by atoms with Gasteiger partial charge in [0.15, 0.2) is 6.29 Å². The van der Waals surface area contributed by atoms with Crippen molar-refractivity contribution >= 4 is 6.29 Å². The Kier molecular flexibility index (Phi) is 3.13. The highest BCUT2D eigenvalue weighted by molar-refractivity contribution is 5.79. The van der Waals surface area contributed by atoms with Gasteiger partial charge in [0.1, 0.15) is 11.5 Å². The fourth-order valence-electron chi connectivity index (χ4n) is 1.43. The van der Waals surface area contributed by atoms with E-state index in [9.17, 15) is 4.79 Å². The number of rotatable bonds is 5. The Bertz CT molecular complexity index is 381. The number of aldehydes is 1. The summed E-state index contributed by atoms with van der Waals surface area (Å²) in [5, 5.41) is 0. The minimum Gasteiger partial charge on any atom is -0.491 e. The van der Waals surface area contributed by atoms with Crippen LogP contribution in [0.25, 0.3) is 0 Å². The fraction of sp³-hybridized carbons (Fsp3) is 0.462. The first-order valence-corrected chi connectivity index (χ1v) is 5.61. The van der Waals surface area contributed by atoms with Crippen LogP contribution in [0.2, 0.25) is 0 Å². The van der Waals surface area contributed by atoms with Gasteiger partial charge in [-0.05, 0) is 38.8 Å². The molecular formula is C13H16O3. The van der Waals surface area contributed by atoms with Crippen LogP contribution in [-0.4, -0.2) is 18.5 Å². The van der Waals surface area contributed by atoms with Gasteiger partial charge in [-0.25, -0.2) is 0 Å². The van der Waals surface area contributed by atoms with Gasteiger partial charge in [-0.3, -0.25) is 4.79 Å². The van der Waals surface area contributed by atoms with E-state index in [1.165, 1.54) is 0 Å². The standard InChI is InChI=1S/C13H16O3/c1-9(2)15-12-4-3-10(8-14)13(7-12)16-11-5-6-11/h3-4,7-9,11H,5-6H2,1-2H3. The lowest BCUT2D eigenvalue weighted by Crippen LogP contribution is -2.06. The number of hydrogen-bond acceptors (Lipinski definition) is 3. The zero-order valence-corrected chi connectivity index (χ0v) is 9.60. The van der Waals surface area contributed by atoms with Crippen molar-refractivity contribution in [2.45, 2.75) is 38.9 Å². The largest absolute Gasteiger partial charge is 0.491 e. The van der Waals surface area contributed by atoms with Gasteiger partial charge < -0.3 is 9.47 Å². The quantitative estimate of drug-likeness (QED) is 0.716. The molecular weight excluding hydrogens is 204 g/mol. The van der Waals surface area contributed by atoms with Crippen molar-refractivity contribution in [2.24, 2.45) is 0 Å². The van der Waals surface area contributed by atoms with Crippen LogP contribution in [0.4, 0.5) is 0 Å². The topological polar surface area (TPSA) is 35.5 Å². The number of ether oxygens (including phenoxy) is 2. The van der Waals surface area contributed by atoms with E-state index in [1.54, 1.807) is 18.2 Å². The van der Waals surface area contributed by atoms with Crippen molar-refractivity contribution in [2.75, 3.05) is 0 Å². The van der Waals surface area contributed by atoms with Gasteiger partial charge in [-0.15, -0.1) is 0 Å². The SMILES string of the molecule is CC(C)Oc1ccc(C=O)c(OC2CC2)c1. The van der Waals surface area contributed by atoms with Gasteiger partial charge in [-0.2, -0.15) is 0 Å². The molecule has 0 N–H and O–H groups in total. The van der Waals surface area contributed by atoms with Crippen LogP contribution in [0.1, 0.15) is 37.0 Å². The Balaban J connectivity index is 2.19. The number of carbonyl (C=O) groups is 1. The third-order valence-corrected chi connectivity index (χ3v) is 2.30. The lowest BCUT2D eigenvalue weighted by atomic mass is 10.2. The Morgan fingerprint density at radius 1 is 1.38 bits per heavy atom. The molecule has 0 bridgehead atoms. The molecule has 0 heterocycles. The third kappa shape index (κ3) is 2.75. The van der Waals surface area contributed by atoms with E-state index < -0.39 is 0 Å². The van der Waals surface area contributed by atoms with E-state index >= 15 is 0 Å². The second-order valence-corrected chi connectivity index (χ2v) is 4.30. The van der Waals surface area contributed by atoms with Gasteiger partial charge in [0, 0.05) is 6.07 Å². The highest BCUT2D eigenvalue weighted by atomic mass is 16.5. The van der Waals surface area contributed by atoms with Crippen LogP contribution in [0, 0.1) is 0 Å². The van der Waals surface area contributed by atoms with Crippen LogP contribution in [0.3, 0.4) is 0 Å². The number of hydrogen-bond donors (Lipinski definition) is 0. The summed E-state index contributed by atoms with van der Waals surface area (Å²) in [5.74, 6) is 1.38. The van der Waals surface area contributed by atoms with E-state index in [0.29, 0.717) is 11.3 Å². The molecule has 1 aliphatic rings. The predicted molar refractivity (Wildman–Crippen MR) is 61.2 cm³/mol. The lowest BCUT2D eigenvalue weighted by Gasteiger charge is -2.12. The highest BCUT2D eigenvalue weighted by Gasteiger charge is 2.24. The molecule has 0 amide bonds. The number of benzene rings is 1. The Morgan fingerprint density at radius 2 is 2.12 bits per heavy atom. The lowest BCUT2D eigenvalue weighted by molar-refractivity contribution is 0.111. The van der Waals surface area contributed by atoms with Crippen molar-refractivity contribution in [1.29, 1.82) is 0 Å². The summed E-state index contributed by atoms with van der Waals surface area (Å²) in [7, 11) is 0. The maximum absolute atomic E-state index is 10.8. The van der Waals surface area contributed by atoms with E-state index in [4.69, 9.17) is 9.47 Å². The zero-order chi connectivity index (χ0) is 11.5. The van der Waals surface area contributed by atoms with Crippen LogP contribution < -0.4 is 9.47 Å². The molecule has 0 spiro atoms. The molecule has 1 aromatic rings. The molecule has 0 aromatic heterocycles. The molecule has 3 heteroatoms. The van der Waals surface area contributed by atoms with E-state index in [0.717, 1.165) is 24.9 Å². The molecule has 1 aliphatic carbocycles. The van der Waals surface area contributed by atoms with Crippen LogP contribution in [0.5, 0.6) is 11.5 Å². The molecule has 16 heavy (non-hydrogen) atoms. The van der Waals surface area contributed by atoms with Gasteiger partial charge in [0.25, 0.3) is 0 Å². The smallest absolute Gasteiger partial charge is 0.153 e. The zero-order valence-electron chi connectivity index (χ0n) is 9.60. The summed E-state index contributed by atoms with van der Waals surface area (Å²) in [4.78, 5) is 10.8. The molecule has 0 radical (unpaired) electrons. The van der Waals surface area contributed by atoms with Crippen LogP contribution >= 0.6 is 0 Å². The predicted octanol–water partition coefficient (Wildman–Crippen LogP) is 2.83. The summed E-state index contributed by atoms with van der Waals surface area (Å²) < 4.78 is 11.2. The molecule has 1 aromatic carbocycles. The maximum Gasteiger partial charge on any atom is 0.153 e. The summed E-state index contributed by atoms with van der Waals surface area (Å²) in [6.07, 6.45) is 3.38. The second kappa shape index (κ2) is 4.56. The van der Waals surface area contributed by atoms with Crippen molar-refractivity contribution in [1.82, 2.24) is 0 Å². The van der Waals surface area contributed by atoms with Crippen LogP contribution in [-0.2, 0) is 0 Å². The fourth-order valence-corrected chi connectivity index (χ4v) is 1.43. The van der Waals surface area contributed by atoms with Gasteiger partial charge in [0.05, 0.1) is 17.8 Å². The van der Waals surface area contributed by atoms with Crippen LogP contribution in [0.15, 0.2) is 18.2 Å². The van der Waals surface area contributed by atoms with Gasteiger partial charge in [0.2, 0.25) is 0 Å². The van der Waals surface area contributed by atoms with E-state index in [1.807, 2.05) is 13.8 Å². The summed E-state index contributed by atoms with van der Waals surface area (Å²) >= 11 is 0. The normalized spacial score (nSPS) is 14.9. The third-order valence-electron chi connectivity index (χ3n) is 2.30. The summed E-state index contributed by atoms with van der Waals surface area (Å²) in [6.45, 7) is 3.93. The Labute approximate surface area is 95.4 Å². The monoisotopic (exact) mass is 220 g/mol. The minimum atomic E-state index is 0.121. The van der Waals surface area contributed by atoms with Crippen molar-refractivity contribution in [3.63, 3.8) is 0 Å². The summed E-state index contributed by atoms with van der Waals surface area (Å²) in [6, 6.07) is 5.33. The first-order chi connectivity index (χ1) is 7.69. The molecule has 2 rings (SSSR count). The molecule has 86 valence electrons. The molecule has 3 nitrogen and oxygen atoms in total. The highest BCUT2D eigenvalue weighted by Crippen LogP contribution is 2.31. The number of carbonyl (C=O) groups excluding carboxylic acids is 1. The second-order valence-electron chi connectivity index (χ2n) is 4.30. The van der Waals surface area contributed by atoms with Gasteiger partial charge in [-0.1, -0.05) is 0 Å². The Hall–Kier alpha value is -1.51. The maximum atomic E-state index is 10.8. The molecule has 0 atom stereocenters. The average Bonchev–Trinajstić information content (AvgIpc) is 3.01. The first-order valence-electron chi connectivity index (χ1n) is 5.61. The van der Waals surface area contributed by atoms with E-state index in [-0.39, 0.29) is 12.2 Å². The molecule has 1 saturated carbocycles.